The van der Waals surface area contributed by atoms with Gasteiger partial charge in [-0.05, 0) is 36.9 Å². The second-order valence-corrected chi connectivity index (χ2v) is 10.7. The molecule has 9 nitrogen and oxygen atoms in total. The third-order valence-electron chi connectivity index (χ3n) is 6.04. The molecule has 1 atom stereocenters. The average molecular weight is 552 g/mol. The summed E-state index contributed by atoms with van der Waals surface area (Å²) in [5.41, 5.74) is 6.15. The van der Waals surface area contributed by atoms with E-state index in [-0.39, 0.29) is 18.1 Å². The normalized spacial score (nSPS) is 14.5. The van der Waals surface area contributed by atoms with E-state index < -0.39 is 5.82 Å². The number of hydrogen-bond donors (Lipinski definition) is 2. The Hall–Kier alpha value is -3.87. The summed E-state index contributed by atoms with van der Waals surface area (Å²) in [5, 5.41) is 4.81. The second kappa shape index (κ2) is 9.78. The molecule has 0 fully saturated rings. The number of hydrogen-bond acceptors (Lipinski definition) is 9. The summed E-state index contributed by atoms with van der Waals surface area (Å²) >= 11 is 2.97. The number of halogens is 1. The van der Waals surface area contributed by atoms with Crippen molar-refractivity contribution >= 4 is 40.0 Å². The van der Waals surface area contributed by atoms with Crippen molar-refractivity contribution in [2.45, 2.75) is 24.2 Å². The van der Waals surface area contributed by atoms with Crippen molar-refractivity contribution in [2.75, 3.05) is 19.6 Å². The highest BCUT2D eigenvalue weighted by Crippen LogP contribution is 2.37. The largest absolute Gasteiger partial charge is 0.486 e. The van der Waals surface area contributed by atoms with Crippen LogP contribution in [0.2, 0.25) is 0 Å². The summed E-state index contributed by atoms with van der Waals surface area (Å²) in [4.78, 5) is 22.1. The van der Waals surface area contributed by atoms with Crippen LogP contribution in [-0.4, -0.2) is 40.3 Å². The van der Waals surface area contributed by atoms with Crippen molar-refractivity contribution in [1.29, 1.82) is 0 Å². The number of nitrogens with one attached hydrogen (secondary N) is 2. The van der Waals surface area contributed by atoms with Gasteiger partial charge in [0.15, 0.2) is 16.5 Å². The highest BCUT2D eigenvalue weighted by molar-refractivity contribution is 7.99. The average Bonchev–Trinajstić information content (AvgIpc) is 3.68. The van der Waals surface area contributed by atoms with E-state index in [1.54, 1.807) is 43.2 Å². The maximum atomic E-state index is 14.4. The molecule has 38 heavy (non-hydrogen) atoms. The number of carbonyl (C=O) groups is 1. The molecule has 1 aliphatic heterocycles. The predicted octanol–water partition coefficient (Wildman–Crippen LogP) is 5.39. The van der Waals surface area contributed by atoms with Crippen LogP contribution in [-0.2, 0) is 11.3 Å². The van der Waals surface area contributed by atoms with E-state index in [0.29, 0.717) is 33.7 Å². The van der Waals surface area contributed by atoms with Gasteiger partial charge in [-0.1, -0.05) is 12.1 Å². The summed E-state index contributed by atoms with van der Waals surface area (Å²) in [7, 11) is 3.22. The molecule has 1 aliphatic rings. The van der Waals surface area contributed by atoms with Gasteiger partial charge in [0.25, 0.3) is 5.91 Å². The van der Waals surface area contributed by atoms with Crippen LogP contribution in [0, 0.1) is 12.7 Å². The fourth-order valence-corrected chi connectivity index (χ4v) is 5.80. The zero-order chi connectivity index (χ0) is 26.4. The van der Waals surface area contributed by atoms with E-state index in [0.717, 1.165) is 26.3 Å². The fraction of sp³-hybridized carbons (Fsp3) is 0.192. The number of ether oxygens (including phenoxy) is 2. The predicted molar refractivity (Wildman–Crippen MR) is 143 cm³/mol. The number of benzene rings is 2. The third kappa shape index (κ3) is 4.51. The summed E-state index contributed by atoms with van der Waals surface area (Å²) < 4.78 is 33.5. The molecule has 0 radical (unpaired) electrons. The molecule has 0 bridgehead atoms. The van der Waals surface area contributed by atoms with E-state index in [4.69, 9.17) is 18.9 Å². The second-order valence-electron chi connectivity index (χ2n) is 8.49. The number of furan rings is 1. The van der Waals surface area contributed by atoms with E-state index in [2.05, 4.69) is 15.7 Å². The van der Waals surface area contributed by atoms with E-state index in [1.807, 2.05) is 19.1 Å². The lowest BCUT2D eigenvalue weighted by atomic mass is 10.1. The van der Waals surface area contributed by atoms with Crippen LogP contribution in [0.3, 0.4) is 0 Å². The molecule has 194 valence electrons. The first-order chi connectivity index (χ1) is 18.4. The Balaban J connectivity index is 1.23. The maximum absolute atomic E-state index is 14.4. The zero-order valence-electron chi connectivity index (χ0n) is 20.6. The molecule has 1 unspecified atom stereocenters. The number of aromatic nitrogens is 3. The smallest absolute Gasteiger partial charge is 0.251 e. The Morgan fingerprint density at radius 1 is 1.24 bits per heavy atom. The van der Waals surface area contributed by atoms with Crippen molar-refractivity contribution < 1.29 is 23.1 Å². The van der Waals surface area contributed by atoms with Crippen LogP contribution in [0.4, 0.5) is 4.39 Å². The van der Waals surface area contributed by atoms with Crippen LogP contribution < -0.4 is 15.5 Å². The number of imidazole rings is 1. The van der Waals surface area contributed by atoms with E-state index >= 15 is 0 Å². The minimum absolute atomic E-state index is 0.142. The van der Waals surface area contributed by atoms with Crippen molar-refractivity contribution in [3.8, 4) is 27.8 Å². The summed E-state index contributed by atoms with van der Waals surface area (Å²) in [6.45, 7) is 2.13. The monoisotopic (exact) mass is 551 g/mol. The number of amides is 1. The highest BCUT2D eigenvalue weighted by Gasteiger charge is 2.25. The van der Waals surface area contributed by atoms with Gasteiger partial charge in [0.2, 0.25) is 0 Å². The lowest BCUT2D eigenvalue weighted by Crippen LogP contribution is -2.19. The SMILES string of the molecule is CNC(=O)c1ccc(-c2nc(COc3cc(F)cc4oc(-c5cn6c(n5)SC(OC)N6)cc34)c(C)s2)cc1. The molecule has 1 amide bonds. The minimum atomic E-state index is -0.465. The lowest BCUT2D eigenvalue weighted by Gasteiger charge is -2.06. The molecule has 2 aromatic carbocycles. The standard InChI is InChI=1S/C26H22FN5O4S2/c1-13-19(29-24(37-13)15-6-4-14(5-7-15)23(33)28-2)12-35-20-8-16(27)9-21-17(20)10-22(36-21)18-11-32-25(30-18)38-26(31-32)34-3/h4-11,26,31H,12H2,1-3H3,(H,28,33). The number of nitrogens with zero attached hydrogens (tertiary/aromatic N) is 3. The van der Waals surface area contributed by atoms with Gasteiger partial charge >= 0.3 is 0 Å². The molecule has 4 heterocycles. The molecule has 6 rings (SSSR count). The number of thiazole rings is 1. The molecule has 2 N–H and O–H groups in total. The van der Waals surface area contributed by atoms with Crippen LogP contribution in [0.25, 0.3) is 33.0 Å². The molecule has 5 aromatic rings. The quantitative estimate of drug-likeness (QED) is 0.278. The molecular formula is C26H22FN5O4S2. The molecular weight excluding hydrogens is 529 g/mol. The number of rotatable bonds is 7. The van der Waals surface area contributed by atoms with Gasteiger partial charge in [0, 0.05) is 42.3 Å². The molecule has 0 aliphatic carbocycles. The number of thioether (sulfide) groups is 1. The Morgan fingerprint density at radius 2 is 2.05 bits per heavy atom. The van der Waals surface area contributed by atoms with Crippen molar-refractivity contribution in [3.63, 3.8) is 0 Å². The van der Waals surface area contributed by atoms with Crippen LogP contribution in [0.1, 0.15) is 20.9 Å². The first-order valence-corrected chi connectivity index (χ1v) is 13.3. The Bertz CT molecular complexity index is 1640. The van der Waals surface area contributed by atoms with Gasteiger partial charge in [-0.25, -0.2) is 19.0 Å². The van der Waals surface area contributed by atoms with E-state index in [9.17, 15) is 9.18 Å². The van der Waals surface area contributed by atoms with Gasteiger partial charge in [-0.3, -0.25) is 10.2 Å². The summed E-state index contributed by atoms with van der Waals surface area (Å²) in [6, 6.07) is 11.7. The van der Waals surface area contributed by atoms with Crippen LogP contribution in [0.5, 0.6) is 5.75 Å². The number of aryl methyl sites for hydroxylation is 1. The Kier molecular flexibility index (Phi) is 6.30. The van der Waals surface area contributed by atoms with Crippen LogP contribution in [0.15, 0.2) is 58.2 Å². The zero-order valence-corrected chi connectivity index (χ0v) is 22.2. The number of fused-ring (bicyclic) bond motifs is 2. The topological polar surface area (TPSA) is 103 Å². The minimum Gasteiger partial charge on any atom is -0.486 e. The Morgan fingerprint density at radius 3 is 2.79 bits per heavy atom. The van der Waals surface area contributed by atoms with Gasteiger partial charge in [-0.15, -0.1) is 11.3 Å². The highest BCUT2D eigenvalue weighted by atomic mass is 32.2. The number of methoxy groups -OCH3 is 1. The van der Waals surface area contributed by atoms with Crippen molar-refractivity contribution in [3.05, 3.63) is 70.6 Å². The molecule has 0 saturated heterocycles. The van der Waals surface area contributed by atoms with Crippen molar-refractivity contribution in [1.82, 2.24) is 20.0 Å². The summed E-state index contributed by atoms with van der Waals surface area (Å²) in [5.74, 6) is 0.253. The van der Waals surface area contributed by atoms with Gasteiger partial charge in [0.1, 0.15) is 34.5 Å². The fourth-order valence-electron chi connectivity index (χ4n) is 4.05. The molecule has 12 heteroatoms. The number of carbonyl (C=O) groups excluding carboxylic acids is 1. The van der Waals surface area contributed by atoms with Gasteiger partial charge in [-0.2, -0.15) is 0 Å². The van der Waals surface area contributed by atoms with Crippen LogP contribution >= 0.6 is 23.1 Å². The summed E-state index contributed by atoms with van der Waals surface area (Å²) in [6.07, 6.45) is 1.80. The molecule has 0 spiro atoms. The third-order valence-corrected chi connectivity index (χ3v) is 8.11. The van der Waals surface area contributed by atoms with E-state index in [1.165, 1.54) is 35.2 Å². The van der Waals surface area contributed by atoms with Crippen molar-refractivity contribution in [2.24, 2.45) is 0 Å². The first kappa shape index (κ1) is 24.5. The maximum Gasteiger partial charge on any atom is 0.251 e. The molecule has 0 saturated carbocycles. The Labute approximate surface area is 225 Å². The van der Waals surface area contributed by atoms with Gasteiger partial charge < -0.3 is 19.2 Å². The first-order valence-electron chi connectivity index (χ1n) is 11.6. The molecule has 3 aromatic heterocycles. The van der Waals surface area contributed by atoms with Gasteiger partial charge in [0.05, 0.1) is 17.3 Å². The lowest BCUT2D eigenvalue weighted by molar-refractivity contribution is 0.0963.